The van der Waals surface area contributed by atoms with Gasteiger partial charge in [-0.1, -0.05) is 75.9 Å². The van der Waals surface area contributed by atoms with Crippen molar-refractivity contribution in [3.8, 4) is 17.2 Å². The van der Waals surface area contributed by atoms with Gasteiger partial charge in [0, 0.05) is 18.0 Å². The highest BCUT2D eigenvalue weighted by molar-refractivity contribution is 5.96. The first-order valence-corrected chi connectivity index (χ1v) is 16.2. The maximum atomic E-state index is 13.5. The smallest absolute Gasteiger partial charge is 0.270 e. The second-order valence-electron chi connectivity index (χ2n) is 13.3. The summed E-state index contributed by atoms with van der Waals surface area (Å²) in [7, 11) is 0. The van der Waals surface area contributed by atoms with E-state index in [2.05, 4.69) is 53.3 Å². The van der Waals surface area contributed by atoms with Gasteiger partial charge in [-0.15, -0.1) is 0 Å². The molecule has 8 nitrogen and oxygen atoms in total. The van der Waals surface area contributed by atoms with E-state index in [1.165, 1.54) is 31.2 Å². The van der Waals surface area contributed by atoms with Crippen LogP contribution < -0.4 is 14.8 Å². The summed E-state index contributed by atoms with van der Waals surface area (Å²) in [6.45, 7) is 9.05. The molecule has 2 aromatic heterocycles. The van der Waals surface area contributed by atoms with E-state index < -0.39 is 6.04 Å². The van der Waals surface area contributed by atoms with Crippen molar-refractivity contribution in [2.75, 3.05) is 6.61 Å². The number of fused-ring (bicyclic) bond motifs is 1. The lowest BCUT2D eigenvalue weighted by Crippen LogP contribution is -2.31. The Morgan fingerprint density at radius 3 is 2.35 bits per heavy atom. The minimum atomic E-state index is -0.536. The van der Waals surface area contributed by atoms with Gasteiger partial charge in [0.2, 0.25) is 5.89 Å². The molecule has 0 spiro atoms. The number of amides is 1. The number of hydrogen-bond donors (Lipinski definition) is 1. The number of benzene rings is 3. The number of pyridine rings is 1. The Labute approximate surface area is 270 Å². The highest BCUT2D eigenvalue weighted by Crippen LogP contribution is 2.30. The van der Waals surface area contributed by atoms with Crippen molar-refractivity contribution < 1.29 is 18.8 Å². The molecule has 238 valence electrons. The Hall–Kier alpha value is -4.72. The van der Waals surface area contributed by atoms with Gasteiger partial charge in [0.15, 0.2) is 5.82 Å². The van der Waals surface area contributed by atoms with Gasteiger partial charge in [-0.25, -0.2) is 0 Å². The van der Waals surface area contributed by atoms with Crippen LogP contribution in [0.3, 0.4) is 0 Å². The third kappa shape index (κ3) is 7.91. The van der Waals surface area contributed by atoms with Gasteiger partial charge in [0.1, 0.15) is 29.0 Å². The molecule has 1 N–H and O–H groups in total. The third-order valence-electron chi connectivity index (χ3n) is 8.66. The van der Waals surface area contributed by atoms with E-state index in [0.29, 0.717) is 23.9 Å². The van der Waals surface area contributed by atoms with E-state index in [0.717, 1.165) is 46.8 Å². The lowest BCUT2D eigenvalue weighted by molar-refractivity contribution is 0.0923. The maximum Gasteiger partial charge on any atom is 0.270 e. The first-order chi connectivity index (χ1) is 22.2. The number of carbonyl (C=O) groups excluding carboxylic acids is 1. The summed E-state index contributed by atoms with van der Waals surface area (Å²) in [6, 6.07) is 23.1. The standard InChI is InChI=1S/C38H42N4O4/c1-25-40-37(46-42-25)35(21-27-9-14-31(15-10-27)44-20-19-26-7-5-6-8-26)41-36(43)34-23-29-22-33(16-11-28(29)24-39-34)45-32-17-12-30(13-18-32)38(2,3)4/h9-18,22-24,26,35H,5-8,19-21H2,1-4H3,(H,41,43)/t35-/m0/s1. The van der Waals surface area contributed by atoms with Crippen molar-refractivity contribution in [1.82, 2.24) is 20.4 Å². The zero-order valence-electron chi connectivity index (χ0n) is 27.1. The van der Waals surface area contributed by atoms with Crippen molar-refractivity contribution >= 4 is 16.7 Å². The summed E-state index contributed by atoms with van der Waals surface area (Å²) in [4.78, 5) is 22.4. The lowest BCUT2D eigenvalue weighted by atomic mass is 9.87. The fraction of sp³-hybridized carbons (Fsp3) is 0.368. The topological polar surface area (TPSA) is 99.4 Å². The van der Waals surface area contributed by atoms with Crippen LogP contribution in [0.1, 0.15) is 92.2 Å². The molecule has 1 aliphatic rings. The number of aromatic nitrogens is 3. The summed E-state index contributed by atoms with van der Waals surface area (Å²) < 4.78 is 17.6. The fourth-order valence-electron chi connectivity index (χ4n) is 5.95. The van der Waals surface area contributed by atoms with Crippen LogP contribution in [0.15, 0.2) is 83.5 Å². The number of nitrogens with one attached hydrogen (secondary N) is 1. The Kier molecular flexibility index (Phi) is 9.33. The van der Waals surface area contributed by atoms with Gasteiger partial charge in [-0.05, 0) is 89.7 Å². The molecule has 1 fully saturated rings. The van der Waals surface area contributed by atoms with Crippen LogP contribution in [0, 0.1) is 12.8 Å². The van der Waals surface area contributed by atoms with E-state index in [4.69, 9.17) is 14.0 Å². The second-order valence-corrected chi connectivity index (χ2v) is 13.3. The van der Waals surface area contributed by atoms with Crippen molar-refractivity contribution in [3.63, 3.8) is 0 Å². The molecule has 2 heterocycles. The minimum absolute atomic E-state index is 0.0697. The van der Waals surface area contributed by atoms with Crippen LogP contribution in [0.5, 0.6) is 17.2 Å². The van der Waals surface area contributed by atoms with Crippen LogP contribution in [-0.4, -0.2) is 27.6 Å². The molecule has 1 saturated carbocycles. The summed E-state index contributed by atoms with van der Waals surface area (Å²) in [6.07, 6.45) is 8.60. The Bertz CT molecular complexity index is 1770. The fourth-order valence-corrected chi connectivity index (χ4v) is 5.95. The zero-order valence-corrected chi connectivity index (χ0v) is 27.1. The Morgan fingerprint density at radius 1 is 0.935 bits per heavy atom. The molecule has 0 saturated heterocycles. The quantitative estimate of drug-likeness (QED) is 0.158. The molecule has 1 amide bonds. The molecule has 1 aliphatic carbocycles. The number of ether oxygens (including phenoxy) is 2. The first-order valence-electron chi connectivity index (χ1n) is 16.2. The largest absolute Gasteiger partial charge is 0.494 e. The van der Waals surface area contributed by atoms with E-state index in [-0.39, 0.29) is 17.0 Å². The van der Waals surface area contributed by atoms with E-state index in [1.54, 1.807) is 19.2 Å². The summed E-state index contributed by atoms with van der Waals surface area (Å²) >= 11 is 0. The zero-order chi connectivity index (χ0) is 32.1. The monoisotopic (exact) mass is 618 g/mol. The van der Waals surface area contributed by atoms with Crippen molar-refractivity contribution in [3.05, 3.63) is 108 Å². The Balaban J connectivity index is 1.13. The van der Waals surface area contributed by atoms with Crippen LogP contribution in [0.2, 0.25) is 0 Å². The van der Waals surface area contributed by atoms with Crippen molar-refractivity contribution in [2.45, 2.75) is 77.7 Å². The summed E-state index contributed by atoms with van der Waals surface area (Å²) in [5, 5.41) is 8.77. The summed E-state index contributed by atoms with van der Waals surface area (Å²) in [5.74, 6) is 3.59. The van der Waals surface area contributed by atoms with Crippen LogP contribution >= 0.6 is 0 Å². The van der Waals surface area contributed by atoms with E-state index in [1.807, 2.05) is 54.6 Å². The van der Waals surface area contributed by atoms with Gasteiger partial charge >= 0.3 is 0 Å². The molecule has 46 heavy (non-hydrogen) atoms. The molecular weight excluding hydrogens is 576 g/mol. The molecule has 0 unspecified atom stereocenters. The lowest BCUT2D eigenvalue weighted by Gasteiger charge is -2.19. The van der Waals surface area contributed by atoms with Crippen LogP contribution in [-0.2, 0) is 11.8 Å². The molecule has 0 bridgehead atoms. The molecule has 3 aromatic carbocycles. The van der Waals surface area contributed by atoms with Crippen LogP contribution in [0.4, 0.5) is 0 Å². The third-order valence-corrected chi connectivity index (χ3v) is 8.66. The minimum Gasteiger partial charge on any atom is -0.494 e. The average molecular weight is 619 g/mol. The molecular formula is C38H42N4O4. The molecule has 5 aromatic rings. The first kappa shape index (κ1) is 31.3. The van der Waals surface area contributed by atoms with Crippen LogP contribution in [0.25, 0.3) is 10.8 Å². The number of carbonyl (C=O) groups is 1. The highest BCUT2D eigenvalue weighted by Gasteiger charge is 2.23. The molecule has 0 radical (unpaired) electrons. The van der Waals surface area contributed by atoms with Gasteiger partial charge in [-0.2, -0.15) is 4.98 Å². The normalized spacial score (nSPS) is 14.3. The Morgan fingerprint density at radius 2 is 1.65 bits per heavy atom. The number of hydrogen-bond acceptors (Lipinski definition) is 7. The van der Waals surface area contributed by atoms with E-state index in [9.17, 15) is 4.79 Å². The van der Waals surface area contributed by atoms with Gasteiger partial charge < -0.3 is 19.3 Å². The van der Waals surface area contributed by atoms with Gasteiger partial charge in [0.05, 0.1) is 6.61 Å². The predicted octanol–water partition coefficient (Wildman–Crippen LogP) is 8.69. The van der Waals surface area contributed by atoms with E-state index >= 15 is 0 Å². The molecule has 0 aliphatic heterocycles. The highest BCUT2D eigenvalue weighted by atomic mass is 16.5. The predicted molar refractivity (Wildman–Crippen MR) is 178 cm³/mol. The van der Waals surface area contributed by atoms with Gasteiger partial charge in [0.25, 0.3) is 5.91 Å². The van der Waals surface area contributed by atoms with Gasteiger partial charge in [-0.3, -0.25) is 9.78 Å². The number of rotatable bonds is 11. The van der Waals surface area contributed by atoms with Crippen molar-refractivity contribution in [2.24, 2.45) is 5.92 Å². The molecule has 6 rings (SSSR count). The molecule has 8 heteroatoms. The second kappa shape index (κ2) is 13.7. The number of nitrogens with zero attached hydrogens (tertiary/aromatic N) is 3. The SMILES string of the molecule is Cc1noc([C@H](Cc2ccc(OCCC3CCCC3)cc2)NC(=O)c2cc3cc(Oc4ccc(C(C)(C)C)cc4)ccc3cn2)n1. The maximum absolute atomic E-state index is 13.5. The number of aryl methyl sites for hydroxylation is 1. The average Bonchev–Trinajstić information content (AvgIpc) is 3.73. The molecule has 1 atom stereocenters. The summed E-state index contributed by atoms with van der Waals surface area (Å²) in [5.41, 5.74) is 2.60. The van der Waals surface area contributed by atoms with Crippen molar-refractivity contribution in [1.29, 1.82) is 0 Å².